The summed E-state index contributed by atoms with van der Waals surface area (Å²) in [7, 11) is 1.48. The molecule has 2 aromatic carbocycles. The zero-order chi connectivity index (χ0) is 23.3. The summed E-state index contributed by atoms with van der Waals surface area (Å²) >= 11 is 5.84. The Labute approximate surface area is 190 Å². The third-order valence-electron chi connectivity index (χ3n) is 4.53. The van der Waals surface area contributed by atoms with Gasteiger partial charge in [0.1, 0.15) is 5.82 Å². The molecule has 0 saturated carbocycles. The van der Waals surface area contributed by atoms with Crippen LogP contribution in [0.4, 0.5) is 22.0 Å². The molecule has 4 amide bonds. The number of hydrogen-bond acceptors (Lipinski definition) is 4. The number of anilines is 3. The summed E-state index contributed by atoms with van der Waals surface area (Å²) in [6.07, 6.45) is 1.43. The first-order valence-corrected chi connectivity index (χ1v) is 10.1. The molecule has 0 unspecified atom stereocenters. The Morgan fingerprint density at radius 2 is 1.47 bits per heavy atom. The minimum atomic E-state index is -0.473. The van der Waals surface area contributed by atoms with E-state index < -0.39 is 17.8 Å². The van der Waals surface area contributed by atoms with Crippen LogP contribution in [0.5, 0.6) is 0 Å². The predicted molar refractivity (Wildman–Crippen MR) is 126 cm³/mol. The van der Waals surface area contributed by atoms with Crippen LogP contribution >= 0.6 is 11.6 Å². The quantitative estimate of drug-likeness (QED) is 0.453. The van der Waals surface area contributed by atoms with Crippen molar-refractivity contribution in [2.75, 3.05) is 23.0 Å². The first-order valence-electron chi connectivity index (χ1n) is 9.71. The minimum absolute atomic E-state index is 0.255. The van der Waals surface area contributed by atoms with Crippen molar-refractivity contribution in [3.8, 4) is 0 Å². The number of carbonyl (C=O) groups excluding carboxylic acids is 3. The van der Waals surface area contributed by atoms with Crippen molar-refractivity contribution >= 4 is 46.6 Å². The number of carbonyl (C=O) groups is 3. The van der Waals surface area contributed by atoms with Crippen molar-refractivity contribution < 1.29 is 14.4 Å². The fourth-order valence-electron chi connectivity index (χ4n) is 2.92. The van der Waals surface area contributed by atoms with Gasteiger partial charge in [-0.25, -0.2) is 9.78 Å². The molecule has 1 heterocycles. The summed E-state index contributed by atoms with van der Waals surface area (Å²) in [6.45, 7) is 3.69. The summed E-state index contributed by atoms with van der Waals surface area (Å²) in [5.74, 6) is -0.584. The van der Waals surface area contributed by atoms with Gasteiger partial charge >= 0.3 is 6.03 Å². The van der Waals surface area contributed by atoms with Gasteiger partial charge in [-0.3, -0.25) is 9.59 Å². The van der Waals surface area contributed by atoms with E-state index in [0.717, 1.165) is 11.1 Å². The lowest BCUT2D eigenvalue weighted by Crippen LogP contribution is -2.26. The van der Waals surface area contributed by atoms with Gasteiger partial charge in [-0.15, -0.1) is 0 Å². The van der Waals surface area contributed by atoms with Gasteiger partial charge in [0.15, 0.2) is 0 Å². The topological polar surface area (TPSA) is 112 Å². The number of benzene rings is 2. The molecule has 0 fully saturated rings. The summed E-state index contributed by atoms with van der Waals surface area (Å²) in [4.78, 5) is 41.8. The van der Waals surface area contributed by atoms with Crippen LogP contribution < -0.4 is 21.3 Å². The van der Waals surface area contributed by atoms with E-state index >= 15 is 0 Å². The first-order chi connectivity index (χ1) is 15.3. The van der Waals surface area contributed by atoms with E-state index in [1.54, 1.807) is 48.5 Å². The molecule has 3 aromatic rings. The maximum Gasteiger partial charge on any atom is 0.318 e. The second-order valence-corrected chi connectivity index (χ2v) is 7.51. The van der Waals surface area contributed by atoms with Crippen molar-refractivity contribution in [1.29, 1.82) is 0 Å². The number of amides is 4. The third-order valence-corrected chi connectivity index (χ3v) is 4.76. The number of aromatic nitrogens is 1. The molecular weight excluding hydrogens is 430 g/mol. The van der Waals surface area contributed by atoms with E-state index in [0.29, 0.717) is 22.2 Å². The van der Waals surface area contributed by atoms with Crippen molar-refractivity contribution in [3.05, 3.63) is 82.0 Å². The van der Waals surface area contributed by atoms with Crippen LogP contribution in [-0.2, 0) is 0 Å². The van der Waals surface area contributed by atoms with Gasteiger partial charge in [0.25, 0.3) is 11.8 Å². The van der Waals surface area contributed by atoms with Gasteiger partial charge in [0.05, 0.1) is 27.5 Å². The van der Waals surface area contributed by atoms with E-state index in [4.69, 9.17) is 11.6 Å². The zero-order valence-corrected chi connectivity index (χ0v) is 18.5. The monoisotopic (exact) mass is 451 g/mol. The fraction of sp³-hybridized carbons (Fsp3) is 0.130. The van der Waals surface area contributed by atoms with Crippen molar-refractivity contribution in [2.45, 2.75) is 13.8 Å². The van der Waals surface area contributed by atoms with E-state index in [1.807, 2.05) is 13.8 Å². The average Bonchev–Trinajstić information content (AvgIpc) is 2.76. The van der Waals surface area contributed by atoms with E-state index in [9.17, 15) is 14.4 Å². The molecule has 0 aliphatic heterocycles. The van der Waals surface area contributed by atoms with E-state index in [-0.39, 0.29) is 11.1 Å². The molecule has 164 valence electrons. The van der Waals surface area contributed by atoms with Crippen LogP contribution in [0.3, 0.4) is 0 Å². The van der Waals surface area contributed by atoms with Gasteiger partial charge < -0.3 is 21.3 Å². The Kier molecular flexibility index (Phi) is 7.07. The van der Waals surface area contributed by atoms with Crippen LogP contribution in [0.25, 0.3) is 0 Å². The van der Waals surface area contributed by atoms with Gasteiger partial charge in [0, 0.05) is 13.2 Å². The number of rotatable bonds is 5. The molecule has 0 spiro atoms. The second kappa shape index (κ2) is 9.93. The van der Waals surface area contributed by atoms with Gasteiger partial charge in [0.2, 0.25) is 0 Å². The molecule has 0 radical (unpaired) electrons. The lowest BCUT2D eigenvalue weighted by Gasteiger charge is -2.15. The highest BCUT2D eigenvalue weighted by Crippen LogP contribution is 2.23. The Balaban J connectivity index is 1.88. The second-order valence-electron chi connectivity index (χ2n) is 7.07. The van der Waals surface area contributed by atoms with Crippen LogP contribution in [0.1, 0.15) is 31.8 Å². The fourth-order valence-corrected chi connectivity index (χ4v) is 3.03. The van der Waals surface area contributed by atoms with Crippen LogP contribution in [0.15, 0.2) is 54.7 Å². The number of hydrogen-bond donors (Lipinski definition) is 4. The Morgan fingerprint density at radius 3 is 2.16 bits per heavy atom. The highest BCUT2D eigenvalue weighted by molar-refractivity contribution is 6.30. The molecule has 32 heavy (non-hydrogen) atoms. The number of aryl methyl sites for hydroxylation is 2. The molecule has 0 saturated heterocycles. The van der Waals surface area contributed by atoms with Gasteiger partial charge in [-0.2, -0.15) is 0 Å². The van der Waals surface area contributed by atoms with Gasteiger partial charge in [-0.1, -0.05) is 29.3 Å². The van der Waals surface area contributed by atoms with Gasteiger partial charge in [-0.05, 0) is 55.8 Å². The lowest BCUT2D eigenvalue weighted by atomic mass is 10.1. The molecule has 0 aliphatic rings. The molecular formula is C23H22ClN5O3. The molecule has 0 bridgehead atoms. The maximum absolute atomic E-state index is 13.0. The standard InChI is InChI=1S/C23H22ClN5O3/c1-13-5-8-18(17(10-13)22(31)29-20-9-6-15(24)12-26-20)27-21(30)16-7-4-14(2)11-19(16)28-23(32)25-3/h4-12H,1-3H3,(H,27,30)(H2,25,28,32)(H,26,29,31). The van der Waals surface area contributed by atoms with Crippen LogP contribution in [-0.4, -0.2) is 29.9 Å². The Hall–Kier alpha value is -3.91. The average molecular weight is 452 g/mol. The Bertz CT molecular complexity index is 1180. The smallest absolute Gasteiger partial charge is 0.318 e. The highest BCUT2D eigenvalue weighted by Gasteiger charge is 2.18. The highest BCUT2D eigenvalue weighted by atomic mass is 35.5. The van der Waals surface area contributed by atoms with Crippen LogP contribution in [0.2, 0.25) is 5.02 Å². The summed E-state index contributed by atoms with van der Waals surface area (Å²) in [6, 6.07) is 12.9. The number of nitrogens with zero attached hydrogens (tertiary/aromatic N) is 1. The maximum atomic E-state index is 13.0. The van der Waals surface area contributed by atoms with Crippen molar-refractivity contribution in [1.82, 2.24) is 10.3 Å². The minimum Gasteiger partial charge on any atom is -0.341 e. The number of halogens is 1. The molecule has 8 nitrogen and oxygen atoms in total. The molecule has 1 aromatic heterocycles. The zero-order valence-electron chi connectivity index (χ0n) is 17.7. The normalized spacial score (nSPS) is 10.2. The molecule has 4 N–H and O–H groups in total. The molecule has 3 rings (SSSR count). The molecule has 9 heteroatoms. The van der Waals surface area contributed by atoms with E-state index in [1.165, 1.54) is 13.2 Å². The lowest BCUT2D eigenvalue weighted by molar-refractivity contribution is 0.102. The third kappa shape index (κ3) is 5.61. The summed E-state index contributed by atoms with van der Waals surface area (Å²) < 4.78 is 0. The number of urea groups is 1. The Morgan fingerprint density at radius 1 is 0.781 bits per heavy atom. The van der Waals surface area contributed by atoms with Crippen LogP contribution in [0, 0.1) is 13.8 Å². The predicted octanol–water partition coefficient (Wildman–Crippen LogP) is 4.61. The summed E-state index contributed by atoms with van der Waals surface area (Å²) in [5.41, 5.74) is 2.91. The summed E-state index contributed by atoms with van der Waals surface area (Å²) in [5, 5.41) is 11.0. The van der Waals surface area contributed by atoms with E-state index in [2.05, 4.69) is 26.3 Å². The largest absolute Gasteiger partial charge is 0.341 e. The number of pyridine rings is 1. The number of nitrogens with one attached hydrogen (secondary N) is 4. The molecule has 0 aliphatic carbocycles. The van der Waals surface area contributed by atoms with Crippen molar-refractivity contribution in [3.63, 3.8) is 0 Å². The molecule has 0 atom stereocenters. The SMILES string of the molecule is CNC(=O)Nc1cc(C)ccc1C(=O)Nc1ccc(C)cc1C(=O)Nc1ccc(Cl)cn1. The first kappa shape index (κ1) is 22.8. The van der Waals surface area contributed by atoms with Crippen molar-refractivity contribution in [2.24, 2.45) is 0 Å².